The van der Waals surface area contributed by atoms with Gasteiger partial charge in [0.2, 0.25) is 0 Å². The molecule has 0 bridgehead atoms. The van der Waals surface area contributed by atoms with Crippen molar-refractivity contribution in [1.82, 2.24) is 4.48 Å². The molecule has 0 aliphatic carbocycles. The van der Waals surface area contributed by atoms with Crippen molar-refractivity contribution in [2.75, 3.05) is 0 Å². The molecule has 0 fully saturated rings. The van der Waals surface area contributed by atoms with E-state index in [1.54, 1.807) is 13.8 Å². The summed E-state index contributed by atoms with van der Waals surface area (Å²) in [4.78, 5) is 0. The molecule has 1 aromatic heterocycles. The van der Waals surface area contributed by atoms with E-state index in [2.05, 4.69) is 0 Å². The molecule has 2 aliphatic heterocycles. The molecule has 1 aromatic carbocycles. The zero-order valence-corrected chi connectivity index (χ0v) is 16.1. The van der Waals surface area contributed by atoms with Gasteiger partial charge in [-0.25, -0.2) is 4.39 Å². The number of aryl methyl sites for hydroxylation is 2. The molecule has 2 aliphatic rings. The third-order valence-electron chi connectivity index (χ3n) is 5.50. The highest BCUT2D eigenvalue weighted by molar-refractivity contribution is 6.58. The molecular formula is C20H17BF6N2. The average molecular weight is 410 g/mol. The maximum absolute atomic E-state index is 15.5. The number of alkyl halides is 3. The molecule has 0 saturated carbocycles. The van der Waals surface area contributed by atoms with Crippen molar-refractivity contribution in [1.29, 1.82) is 0 Å². The molecule has 3 heterocycles. The largest absolute Gasteiger partial charge is 0.737 e. The number of hydrogen-bond donors (Lipinski definition) is 0. The van der Waals surface area contributed by atoms with Gasteiger partial charge < -0.3 is 17.6 Å². The molecule has 0 radical (unpaired) electrons. The maximum atomic E-state index is 15.5. The summed E-state index contributed by atoms with van der Waals surface area (Å²) in [6, 6.07) is 3.61. The van der Waals surface area contributed by atoms with Crippen LogP contribution in [0.25, 0.3) is 5.57 Å². The molecule has 2 nitrogen and oxygen atoms in total. The van der Waals surface area contributed by atoms with Crippen LogP contribution in [0.4, 0.5) is 26.2 Å². The molecule has 29 heavy (non-hydrogen) atoms. The van der Waals surface area contributed by atoms with Crippen molar-refractivity contribution >= 4 is 18.3 Å². The van der Waals surface area contributed by atoms with Crippen LogP contribution in [0.2, 0.25) is 0 Å². The Balaban J connectivity index is 2.17. The van der Waals surface area contributed by atoms with E-state index in [0.29, 0.717) is 23.3 Å². The van der Waals surface area contributed by atoms with Gasteiger partial charge in [-0.1, -0.05) is 0 Å². The van der Waals surface area contributed by atoms with Crippen molar-refractivity contribution in [3.8, 4) is 0 Å². The summed E-state index contributed by atoms with van der Waals surface area (Å²) in [6.07, 6.45) is -3.15. The topological polar surface area (TPSA) is 7.94 Å². The number of allylic oxidation sites excluding steroid dienone is 2. The van der Waals surface area contributed by atoms with Crippen LogP contribution in [0, 0.1) is 19.7 Å². The maximum Gasteiger partial charge on any atom is 0.737 e. The summed E-state index contributed by atoms with van der Waals surface area (Å²) in [5.41, 5.74) is 0.130. The number of rotatable bonds is 1. The number of nitrogens with zero attached hydrogens (tertiary/aromatic N) is 2. The van der Waals surface area contributed by atoms with Gasteiger partial charge >= 0.3 is 13.1 Å². The van der Waals surface area contributed by atoms with Crippen LogP contribution in [-0.2, 0) is 6.18 Å². The number of hydrogen-bond acceptors (Lipinski definition) is 0. The van der Waals surface area contributed by atoms with Gasteiger partial charge in [0.25, 0.3) is 0 Å². The first-order valence-electron chi connectivity index (χ1n) is 9.00. The van der Waals surface area contributed by atoms with Gasteiger partial charge in [-0.3, -0.25) is 0 Å². The third-order valence-corrected chi connectivity index (χ3v) is 5.50. The highest BCUT2D eigenvalue weighted by Crippen LogP contribution is 2.45. The first kappa shape index (κ1) is 19.6. The van der Waals surface area contributed by atoms with Crippen molar-refractivity contribution < 1.29 is 30.7 Å². The third kappa shape index (κ3) is 2.63. The molecule has 2 aromatic rings. The Kier molecular flexibility index (Phi) is 3.99. The quantitative estimate of drug-likeness (QED) is 0.422. The minimum atomic E-state index is -4.69. The Labute approximate surface area is 163 Å². The molecule has 0 amide bonds. The molecule has 152 valence electrons. The Hall–Kier alpha value is -2.71. The lowest BCUT2D eigenvalue weighted by Crippen LogP contribution is -2.51. The van der Waals surface area contributed by atoms with Gasteiger partial charge in [0.1, 0.15) is 11.5 Å². The van der Waals surface area contributed by atoms with Gasteiger partial charge in [0.15, 0.2) is 5.70 Å². The number of fused-ring (bicyclic) bond motifs is 2. The SMILES string of the molecule is CC1=CC(C)=[N+]2C1=C(c1cc(C(F)(F)F)ccc1F)c1c(C)cc(C)n1[B-]2(F)F. The monoisotopic (exact) mass is 410 g/mol. The van der Waals surface area contributed by atoms with Gasteiger partial charge in [-0.2, -0.15) is 13.2 Å². The van der Waals surface area contributed by atoms with E-state index in [-0.39, 0.29) is 33.9 Å². The van der Waals surface area contributed by atoms with E-state index in [1.807, 2.05) is 0 Å². The predicted molar refractivity (Wildman–Crippen MR) is 99.4 cm³/mol. The average Bonchev–Trinajstić information content (AvgIpc) is 3.05. The Morgan fingerprint density at radius 2 is 1.66 bits per heavy atom. The van der Waals surface area contributed by atoms with Crippen LogP contribution in [0.3, 0.4) is 0 Å². The fourth-order valence-corrected chi connectivity index (χ4v) is 4.45. The zero-order chi connectivity index (χ0) is 21.5. The van der Waals surface area contributed by atoms with Crippen molar-refractivity contribution in [2.24, 2.45) is 0 Å². The lowest BCUT2D eigenvalue weighted by Gasteiger charge is -2.34. The summed E-state index contributed by atoms with van der Waals surface area (Å²) < 4.78 is 87.3. The number of aromatic nitrogens is 1. The second-order valence-corrected chi connectivity index (χ2v) is 7.53. The summed E-state index contributed by atoms with van der Waals surface area (Å²) in [7, 11) is 0. The van der Waals surface area contributed by atoms with E-state index in [0.717, 1.165) is 15.0 Å². The van der Waals surface area contributed by atoms with E-state index in [4.69, 9.17) is 0 Å². The molecule has 0 saturated heterocycles. The fourth-order valence-electron chi connectivity index (χ4n) is 4.45. The molecule has 0 N–H and O–H groups in total. The highest BCUT2D eigenvalue weighted by Gasteiger charge is 2.55. The summed E-state index contributed by atoms with van der Waals surface area (Å²) in [5.74, 6) is -0.902. The first-order chi connectivity index (χ1) is 13.4. The second-order valence-electron chi connectivity index (χ2n) is 7.53. The molecular weight excluding hydrogens is 393 g/mol. The molecule has 0 unspecified atom stereocenters. The van der Waals surface area contributed by atoms with Crippen molar-refractivity contribution in [3.63, 3.8) is 0 Å². The van der Waals surface area contributed by atoms with Gasteiger partial charge in [-0.05, 0) is 56.3 Å². The van der Waals surface area contributed by atoms with Crippen LogP contribution in [0.5, 0.6) is 0 Å². The summed E-state index contributed by atoms with van der Waals surface area (Å²) in [5, 5.41) is 0. The summed E-state index contributed by atoms with van der Waals surface area (Å²) >= 11 is 0. The van der Waals surface area contributed by atoms with Gasteiger partial charge in [0.05, 0.1) is 11.1 Å². The molecule has 4 rings (SSSR count). The standard InChI is InChI=1S/C20H17BF6N2/c1-10-7-12(3)28-18(10)17(15-9-14(20(23,24)25)5-6-16(15)22)19-11(2)8-13(4)29(19)21(28,26)27/h5-9H,1-4H3. The van der Waals surface area contributed by atoms with Crippen LogP contribution in [0.15, 0.2) is 41.6 Å². The van der Waals surface area contributed by atoms with E-state index in [9.17, 15) is 17.6 Å². The lowest BCUT2D eigenvalue weighted by molar-refractivity contribution is -0.363. The summed E-state index contributed by atoms with van der Waals surface area (Å²) in [6.45, 7) is 1.92. The minimum absolute atomic E-state index is 0.0394. The van der Waals surface area contributed by atoms with Crippen LogP contribution in [-0.4, -0.2) is 21.6 Å². The van der Waals surface area contributed by atoms with E-state index < -0.39 is 24.5 Å². The predicted octanol–water partition coefficient (Wildman–Crippen LogP) is 5.69. The van der Waals surface area contributed by atoms with E-state index >= 15 is 8.63 Å². The first-order valence-corrected chi connectivity index (χ1v) is 9.00. The van der Waals surface area contributed by atoms with Crippen LogP contribution >= 0.6 is 0 Å². The van der Waals surface area contributed by atoms with Crippen LogP contribution < -0.4 is 0 Å². The van der Waals surface area contributed by atoms with Gasteiger partial charge in [-0.15, -0.1) is 0 Å². The highest BCUT2D eigenvalue weighted by atomic mass is 19.4. The van der Waals surface area contributed by atoms with Crippen molar-refractivity contribution in [2.45, 2.75) is 33.9 Å². The van der Waals surface area contributed by atoms with Crippen LogP contribution in [0.1, 0.15) is 41.9 Å². The fraction of sp³-hybridized carbons (Fsp3) is 0.250. The molecule has 0 spiro atoms. The zero-order valence-electron chi connectivity index (χ0n) is 16.1. The van der Waals surface area contributed by atoms with E-state index in [1.165, 1.54) is 26.0 Å². The van der Waals surface area contributed by atoms with Crippen molar-refractivity contribution in [3.05, 3.63) is 75.5 Å². The Morgan fingerprint density at radius 3 is 2.28 bits per heavy atom. The molecule has 0 atom stereocenters. The lowest BCUT2D eigenvalue weighted by atomic mass is 9.83. The molecule has 9 heteroatoms. The normalized spacial score (nSPS) is 18.2. The number of benzene rings is 1. The smallest absolute Gasteiger partial charge is 0.393 e. The minimum Gasteiger partial charge on any atom is -0.393 e. The second kappa shape index (κ2) is 5.90. The Bertz CT molecular complexity index is 1160. The Morgan fingerprint density at radius 1 is 1.00 bits per heavy atom. The van der Waals surface area contributed by atoms with Gasteiger partial charge in [0, 0.05) is 29.8 Å². The number of halogens is 6.